The second kappa shape index (κ2) is 10.8. The summed E-state index contributed by atoms with van der Waals surface area (Å²) >= 11 is 0. The second-order valence-electron chi connectivity index (χ2n) is 6.98. The van der Waals surface area contributed by atoms with E-state index in [1.54, 1.807) is 0 Å². The molecule has 0 heterocycles. The molecule has 0 aliphatic rings. The molecule has 0 aliphatic heterocycles. The molecular formula is C25H28O5. The van der Waals surface area contributed by atoms with E-state index in [-0.39, 0.29) is 13.2 Å². The first-order chi connectivity index (χ1) is 14.7. The van der Waals surface area contributed by atoms with Crippen LogP contribution in [-0.2, 0) is 5.60 Å². The third-order valence-electron chi connectivity index (χ3n) is 4.88. The highest BCUT2D eigenvalue weighted by molar-refractivity contribution is 5.49. The Bertz CT molecular complexity index is 822. The first-order valence-corrected chi connectivity index (χ1v) is 10.1. The van der Waals surface area contributed by atoms with Gasteiger partial charge in [0.1, 0.15) is 17.1 Å². The summed E-state index contributed by atoms with van der Waals surface area (Å²) in [5, 5.41) is 29.7. The van der Waals surface area contributed by atoms with E-state index >= 15 is 0 Å². The number of aliphatic hydroxyl groups is 3. The maximum atomic E-state index is 11.9. The molecule has 0 spiro atoms. The molecule has 3 aromatic rings. The number of aliphatic hydroxyl groups excluding tert-OH is 2. The Hall–Kier alpha value is -2.86. The highest BCUT2D eigenvalue weighted by atomic mass is 16.5. The third-order valence-corrected chi connectivity index (χ3v) is 4.88. The van der Waals surface area contributed by atoms with Gasteiger partial charge in [-0.25, -0.2) is 0 Å². The van der Waals surface area contributed by atoms with Crippen LogP contribution in [0.2, 0.25) is 0 Å². The minimum absolute atomic E-state index is 0.0888. The molecule has 5 nitrogen and oxygen atoms in total. The molecule has 3 rings (SSSR count). The van der Waals surface area contributed by atoms with E-state index in [4.69, 9.17) is 19.7 Å². The predicted molar refractivity (Wildman–Crippen MR) is 116 cm³/mol. The molecule has 0 aromatic heterocycles. The number of benzene rings is 3. The summed E-state index contributed by atoms with van der Waals surface area (Å²) in [4.78, 5) is 0. The highest BCUT2D eigenvalue weighted by Gasteiger charge is 2.33. The van der Waals surface area contributed by atoms with Crippen molar-refractivity contribution in [1.82, 2.24) is 0 Å². The van der Waals surface area contributed by atoms with E-state index in [0.29, 0.717) is 37.6 Å². The van der Waals surface area contributed by atoms with Crippen molar-refractivity contribution in [3.8, 4) is 11.5 Å². The van der Waals surface area contributed by atoms with Crippen LogP contribution in [0.1, 0.15) is 29.5 Å². The van der Waals surface area contributed by atoms with Crippen LogP contribution in [0.4, 0.5) is 0 Å². The van der Waals surface area contributed by atoms with Gasteiger partial charge in [-0.05, 0) is 41.0 Å². The van der Waals surface area contributed by atoms with Crippen LogP contribution in [0.25, 0.3) is 0 Å². The van der Waals surface area contributed by atoms with Gasteiger partial charge in [-0.3, -0.25) is 0 Å². The summed E-state index contributed by atoms with van der Waals surface area (Å²) in [6.07, 6.45) is 1.14. The third kappa shape index (κ3) is 5.19. The van der Waals surface area contributed by atoms with Gasteiger partial charge in [0.15, 0.2) is 0 Å². The standard InChI is InChI=1S/C25H28O5/c26-16-4-18-29-23-12-8-21(9-13-23)25(28,20-6-2-1-3-7-20)22-10-14-24(15-11-22)30-19-5-17-27/h1-3,6-15,26-28H,4-5,16-19H2. The fourth-order valence-corrected chi connectivity index (χ4v) is 3.27. The molecule has 0 bridgehead atoms. The van der Waals surface area contributed by atoms with Gasteiger partial charge in [0.05, 0.1) is 13.2 Å². The summed E-state index contributed by atoms with van der Waals surface area (Å²) in [6.45, 7) is 1.06. The average molecular weight is 408 g/mol. The molecule has 0 radical (unpaired) electrons. The van der Waals surface area contributed by atoms with Crippen molar-refractivity contribution in [2.75, 3.05) is 26.4 Å². The SMILES string of the molecule is OCCCOc1ccc(C(O)(c2ccccc2)c2ccc(OCCCO)cc2)cc1. The number of rotatable bonds is 11. The summed E-state index contributed by atoms with van der Waals surface area (Å²) in [7, 11) is 0. The largest absolute Gasteiger partial charge is 0.494 e. The highest BCUT2D eigenvalue weighted by Crippen LogP contribution is 2.37. The van der Waals surface area contributed by atoms with Crippen molar-refractivity contribution in [3.05, 3.63) is 95.6 Å². The molecule has 3 N–H and O–H groups in total. The zero-order valence-electron chi connectivity index (χ0n) is 16.9. The van der Waals surface area contributed by atoms with Gasteiger partial charge in [0.25, 0.3) is 0 Å². The first-order valence-electron chi connectivity index (χ1n) is 10.1. The fraction of sp³-hybridized carbons (Fsp3) is 0.280. The summed E-state index contributed by atoms with van der Waals surface area (Å²) < 4.78 is 11.2. The van der Waals surface area contributed by atoms with Crippen LogP contribution < -0.4 is 9.47 Å². The molecule has 0 aliphatic carbocycles. The van der Waals surface area contributed by atoms with Gasteiger partial charge >= 0.3 is 0 Å². The van der Waals surface area contributed by atoms with Crippen molar-refractivity contribution in [2.24, 2.45) is 0 Å². The predicted octanol–water partition coefficient (Wildman–Crippen LogP) is 3.49. The first kappa shape index (κ1) is 21.8. The monoisotopic (exact) mass is 408 g/mol. The van der Waals surface area contributed by atoms with Gasteiger partial charge in [-0.15, -0.1) is 0 Å². The Morgan fingerprint density at radius 1 is 0.567 bits per heavy atom. The molecule has 30 heavy (non-hydrogen) atoms. The lowest BCUT2D eigenvalue weighted by Crippen LogP contribution is -2.28. The number of hydrogen-bond acceptors (Lipinski definition) is 5. The number of hydrogen-bond donors (Lipinski definition) is 3. The Morgan fingerprint density at radius 3 is 1.37 bits per heavy atom. The Labute approximate surface area is 177 Å². The lowest BCUT2D eigenvalue weighted by molar-refractivity contribution is 0.125. The van der Waals surface area contributed by atoms with Gasteiger partial charge in [-0.2, -0.15) is 0 Å². The van der Waals surface area contributed by atoms with Crippen molar-refractivity contribution in [3.63, 3.8) is 0 Å². The van der Waals surface area contributed by atoms with Crippen molar-refractivity contribution >= 4 is 0 Å². The van der Waals surface area contributed by atoms with Gasteiger partial charge in [-0.1, -0.05) is 54.6 Å². The molecule has 3 aromatic carbocycles. The Balaban J connectivity index is 1.91. The summed E-state index contributed by atoms with van der Waals surface area (Å²) in [5.41, 5.74) is 0.858. The molecule has 0 unspecified atom stereocenters. The van der Waals surface area contributed by atoms with Crippen LogP contribution in [-0.4, -0.2) is 41.7 Å². The maximum Gasteiger partial charge on any atom is 0.140 e. The molecular weight excluding hydrogens is 380 g/mol. The Morgan fingerprint density at radius 2 is 0.967 bits per heavy atom. The van der Waals surface area contributed by atoms with Crippen molar-refractivity contribution < 1.29 is 24.8 Å². The molecule has 0 saturated heterocycles. The van der Waals surface area contributed by atoms with E-state index in [1.807, 2.05) is 78.9 Å². The smallest absolute Gasteiger partial charge is 0.140 e. The number of ether oxygens (including phenoxy) is 2. The summed E-state index contributed by atoms with van der Waals surface area (Å²) in [5.74, 6) is 1.38. The zero-order valence-corrected chi connectivity index (χ0v) is 16.9. The van der Waals surface area contributed by atoms with E-state index in [2.05, 4.69) is 0 Å². The molecule has 0 amide bonds. The van der Waals surface area contributed by atoms with Crippen LogP contribution in [0, 0.1) is 0 Å². The summed E-state index contributed by atoms with van der Waals surface area (Å²) in [6, 6.07) is 24.2. The average Bonchev–Trinajstić information content (AvgIpc) is 2.80. The molecule has 0 fully saturated rings. The fourth-order valence-electron chi connectivity index (χ4n) is 3.27. The van der Waals surface area contributed by atoms with E-state index in [9.17, 15) is 5.11 Å². The zero-order chi connectivity index (χ0) is 21.2. The molecule has 5 heteroatoms. The van der Waals surface area contributed by atoms with Crippen LogP contribution in [0.15, 0.2) is 78.9 Å². The van der Waals surface area contributed by atoms with Gasteiger partial charge < -0.3 is 24.8 Å². The maximum absolute atomic E-state index is 11.9. The minimum atomic E-state index is -1.34. The quantitative estimate of drug-likeness (QED) is 0.334. The second-order valence-corrected chi connectivity index (χ2v) is 6.98. The lowest BCUT2D eigenvalue weighted by Gasteiger charge is -2.30. The minimum Gasteiger partial charge on any atom is -0.494 e. The molecule has 0 saturated carbocycles. The Kier molecular flexibility index (Phi) is 7.85. The van der Waals surface area contributed by atoms with Crippen molar-refractivity contribution in [1.29, 1.82) is 0 Å². The van der Waals surface area contributed by atoms with E-state index in [1.165, 1.54) is 0 Å². The van der Waals surface area contributed by atoms with Gasteiger partial charge in [0.2, 0.25) is 0 Å². The molecule has 158 valence electrons. The van der Waals surface area contributed by atoms with Crippen LogP contribution in [0.3, 0.4) is 0 Å². The lowest BCUT2D eigenvalue weighted by atomic mass is 9.80. The topological polar surface area (TPSA) is 79.2 Å². The normalized spacial score (nSPS) is 11.3. The van der Waals surface area contributed by atoms with E-state index in [0.717, 1.165) is 16.7 Å². The van der Waals surface area contributed by atoms with Gasteiger partial charge in [0, 0.05) is 26.1 Å². The van der Waals surface area contributed by atoms with Crippen LogP contribution in [0.5, 0.6) is 11.5 Å². The van der Waals surface area contributed by atoms with E-state index < -0.39 is 5.60 Å². The molecule has 0 atom stereocenters. The van der Waals surface area contributed by atoms with Crippen molar-refractivity contribution in [2.45, 2.75) is 18.4 Å². The van der Waals surface area contributed by atoms with Crippen LogP contribution >= 0.6 is 0 Å².